The van der Waals surface area contributed by atoms with Crippen LogP contribution in [-0.4, -0.2) is 40.4 Å². The summed E-state index contributed by atoms with van der Waals surface area (Å²) in [6.45, 7) is -0.322. The zero-order chi connectivity index (χ0) is 15.9. The van der Waals surface area contributed by atoms with Crippen molar-refractivity contribution in [3.8, 4) is 17.6 Å². The molecule has 0 heterocycles. The Kier molecular flexibility index (Phi) is 5.83. The number of nitrogens with one attached hydrogen (secondary N) is 2. The molecule has 3 N–H and O–H groups in total. The van der Waals surface area contributed by atoms with Gasteiger partial charge in [0.15, 0.2) is 0 Å². The second-order valence-electron chi connectivity index (χ2n) is 3.57. The van der Waals surface area contributed by atoms with E-state index in [-0.39, 0.29) is 18.0 Å². The molecule has 0 saturated carbocycles. The van der Waals surface area contributed by atoms with Gasteiger partial charge in [0, 0.05) is 5.56 Å². The molecular weight excluding hydrogens is 300 g/mol. The standard InChI is InChI=1S/C12H14N2O6S/c1-19-11-6-5-9(4-3-7-15)8-10(11)13-21(17,18)14-12(16)20-2/h5-6,8,13,15H,7H2,1-2H3,(H,14,16). The zero-order valence-corrected chi connectivity index (χ0v) is 12.2. The SMILES string of the molecule is COC(=O)NS(=O)(=O)Nc1cc(C#CCO)ccc1OC. The summed E-state index contributed by atoms with van der Waals surface area (Å²) < 4.78 is 36.4. The van der Waals surface area contributed by atoms with Gasteiger partial charge in [0.05, 0.1) is 19.9 Å². The van der Waals surface area contributed by atoms with E-state index in [2.05, 4.69) is 21.3 Å². The van der Waals surface area contributed by atoms with Gasteiger partial charge in [-0.25, -0.2) is 9.52 Å². The fourth-order valence-electron chi connectivity index (χ4n) is 1.33. The van der Waals surface area contributed by atoms with E-state index in [1.165, 1.54) is 19.2 Å². The zero-order valence-electron chi connectivity index (χ0n) is 11.3. The van der Waals surface area contributed by atoms with Crippen LogP contribution in [0.15, 0.2) is 18.2 Å². The molecule has 9 heteroatoms. The Hall–Kier alpha value is -2.44. The first kappa shape index (κ1) is 16.6. The minimum absolute atomic E-state index is 0.0821. The van der Waals surface area contributed by atoms with Crippen molar-refractivity contribution in [2.75, 3.05) is 25.5 Å². The van der Waals surface area contributed by atoms with E-state index in [0.29, 0.717) is 5.56 Å². The summed E-state index contributed by atoms with van der Waals surface area (Å²) in [5.41, 5.74) is 0.541. The summed E-state index contributed by atoms with van der Waals surface area (Å²) in [6, 6.07) is 4.49. The van der Waals surface area contributed by atoms with Gasteiger partial charge in [-0.1, -0.05) is 11.8 Å². The number of rotatable bonds is 4. The van der Waals surface area contributed by atoms with Gasteiger partial charge in [-0.2, -0.15) is 8.42 Å². The van der Waals surface area contributed by atoms with E-state index in [9.17, 15) is 13.2 Å². The van der Waals surface area contributed by atoms with Crippen LogP contribution < -0.4 is 14.2 Å². The highest BCUT2D eigenvalue weighted by molar-refractivity contribution is 7.91. The maximum absolute atomic E-state index is 11.7. The Morgan fingerprint density at radius 3 is 2.67 bits per heavy atom. The highest BCUT2D eigenvalue weighted by atomic mass is 32.2. The molecule has 0 radical (unpaired) electrons. The van der Waals surface area contributed by atoms with Crippen molar-refractivity contribution in [2.45, 2.75) is 0 Å². The van der Waals surface area contributed by atoms with Gasteiger partial charge >= 0.3 is 16.3 Å². The molecule has 0 saturated heterocycles. The smallest absolute Gasteiger partial charge is 0.422 e. The largest absolute Gasteiger partial charge is 0.495 e. The summed E-state index contributed by atoms with van der Waals surface area (Å²) in [4.78, 5) is 10.9. The molecular formula is C12H14N2O6S. The van der Waals surface area contributed by atoms with E-state index >= 15 is 0 Å². The first-order chi connectivity index (χ1) is 9.91. The lowest BCUT2D eigenvalue weighted by Crippen LogP contribution is -2.35. The van der Waals surface area contributed by atoms with Gasteiger partial charge in [0.1, 0.15) is 12.4 Å². The quantitative estimate of drug-likeness (QED) is 0.677. The molecule has 1 amide bonds. The molecule has 114 valence electrons. The first-order valence-electron chi connectivity index (χ1n) is 5.58. The van der Waals surface area contributed by atoms with Crippen molar-refractivity contribution < 1.29 is 27.8 Å². The van der Waals surface area contributed by atoms with E-state index in [0.717, 1.165) is 7.11 Å². The normalized spacial score (nSPS) is 10.0. The number of hydrogen-bond donors (Lipinski definition) is 3. The van der Waals surface area contributed by atoms with Crippen LogP contribution in [0.5, 0.6) is 5.75 Å². The third kappa shape index (κ3) is 5.21. The summed E-state index contributed by atoms with van der Waals surface area (Å²) in [5, 5.41) is 8.64. The number of carbonyl (C=O) groups is 1. The summed E-state index contributed by atoms with van der Waals surface area (Å²) in [5.74, 6) is 5.29. The Bertz CT molecular complexity index is 675. The van der Waals surface area contributed by atoms with E-state index < -0.39 is 16.3 Å². The Labute approximate surface area is 122 Å². The lowest BCUT2D eigenvalue weighted by molar-refractivity contribution is 0.177. The summed E-state index contributed by atoms with van der Waals surface area (Å²) in [6.07, 6.45) is -1.13. The predicted molar refractivity (Wildman–Crippen MR) is 75.0 cm³/mol. The molecule has 0 aliphatic heterocycles. The van der Waals surface area contributed by atoms with Crippen LogP contribution in [0.3, 0.4) is 0 Å². The highest BCUT2D eigenvalue weighted by Crippen LogP contribution is 2.25. The molecule has 0 aliphatic carbocycles. The minimum Gasteiger partial charge on any atom is -0.495 e. The maximum atomic E-state index is 11.7. The van der Waals surface area contributed by atoms with Gasteiger partial charge in [-0.3, -0.25) is 4.72 Å². The average molecular weight is 314 g/mol. The fraction of sp³-hybridized carbons (Fsp3) is 0.250. The topological polar surface area (TPSA) is 114 Å². The number of amides is 1. The number of benzene rings is 1. The molecule has 1 aromatic rings. The maximum Gasteiger partial charge on any atom is 0.422 e. The molecule has 0 unspecified atom stereocenters. The van der Waals surface area contributed by atoms with Crippen LogP contribution in [0.4, 0.5) is 10.5 Å². The third-order valence-electron chi connectivity index (χ3n) is 2.16. The van der Waals surface area contributed by atoms with Crippen LogP contribution >= 0.6 is 0 Å². The fourth-order valence-corrected chi connectivity index (χ4v) is 2.13. The van der Waals surface area contributed by atoms with Crippen molar-refractivity contribution in [2.24, 2.45) is 0 Å². The van der Waals surface area contributed by atoms with Gasteiger partial charge < -0.3 is 14.6 Å². The van der Waals surface area contributed by atoms with Crippen molar-refractivity contribution in [3.05, 3.63) is 23.8 Å². The number of ether oxygens (including phenoxy) is 2. The van der Waals surface area contributed by atoms with Crippen molar-refractivity contribution in [1.82, 2.24) is 4.72 Å². The second-order valence-corrected chi connectivity index (χ2v) is 4.99. The predicted octanol–water partition coefficient (Wildman–Crippen LogP) is 0.0517. The molecule has 0 spiro atoms. The molecule has 0 aliphatic rings. The molecule has 1 rings (SSSR count). The third-order valence-corrected chi connectivity index (χ3v) is 3.08. The number of aliphatic hydroxyl groups excluding tert-OH is 1. The van der Waals surface area contributed by atoms with Crippen molar-refractivity contribution in [3.63, 3.8) is 0 Å². The monoisotopic (exact) mass is 314 g/mol. The molecule has 21 heavy (non-hydrogen) atoms. The average Bonchev–Trinajstić information content (AvgIpc) is 2.44. The number of aliphatic hydroxyl groups is 1. The minimum atomic E-state index is -4.17. The van der Waals surface area contributed by atoms with Crippen LogP contribution in [0.25, 0.3) is 0 Å². The van der Waals surface area contributed by atoms with Gasteiger partial charge in [-0.05, 0) is 18.2 Å². The van der Waals surface area contributed by atoms with Crippen LogP contribution in [-0.2, 0) is 14.9 Å². The van der Waals surface area contributed by atoms with Crippen molar-refractivity contribution >= 4 is 22.0 Å². The number of carbonyl (C=O) groups excluding carboxylic acids is 1. The number of hydrogen-bond acceptors (Lipinski definition) is 6. The molecule has 0 bridgehead atoms. The van der Waals surface area contributed by atoms with Crippen LogP contribution in [0, 0.1) is 11.8 Å². The number of methoxy groups -OCH3 is 2. The lowest BCUT2D eigenvalue weighted by atomic mass is 10.2. The summed E-state index contributed by atoms with van der Waals surface area (Å²) >= 11 is 0. The molecule has 0 fully saturated rings. The molecule has 0 atom stereocenters. The van der Waals surface area contributed by atoms with Gasteiger partial charge in [0.25, 0.3) is 0 Å². The molecule has 8 nitrogen and oxygen atoms in total. The van der Waals surface area contributed by atoms with Gasteiger partial charge in [-0.15, -0.1) is 0 Å². The lowest BCUT2D eigenvalue weighted by Gasteiger charge is -2.12. The Balaban J connectivity index is 3.07. The van der Waals surface area contributed by atoms with Crippen LogP contribution in [0.1, 0.15) is 5.56 Å². The van der Waals surface area contributed by atoms with Gasteiger partial charge in [0.2, 0.25) is 0 Å². The number of anilines is 1. The van der Waals surface area contributed by atoms with Crippen molar-refractivity contribution in [1.29, 1.82) is 0 Å². The summed E-state index contributed by atoms with van der Waals surface area (Å²) in [7, 11) is -1.77. The van der Waals surface area contributed by atoms with E-state index in [1.807, 2.05) is 0 Å². The van der Waals surface area contributed by atoms with E-state index in [1.54, 1.807) is 10.8 Å². The highest BCUT2D eigenvalue weighted by Gasteiger charge is 2.17. The Morgan fingerprint density at radius 2 is 2.10 bits per heavy atom. The first-order valence-corrected chi connectivity index (χ1v) is 7.06. The Morgan fingerprint density at radius 1 is 1.38 bits per heavy atom. The van der Waals surface area contributed by atoms with Crippen LogP contribution in [0.2, 0.25) is 0 Å². The molecule has 1 aromatic carbocycles. The second kappa shape index (κ2) is 7.37. The van der Waals surface area contributed by atoms with E-state index in [4.69, 9.17) is 9.84 Å². The molecule has 0 aromatic heterocycles.